The lowest BCUT2D eigenvalue weighted by Crippen LogP contribution is -2.49. The van der Waals surface area contributed by atoms with Gasteiger partial charge in [0.25, 0.3) is 0 Å². The summed E-state index contributed by atoms with van der Waals surface area (Å²) in [6.45, 7) is 8.05. The minimum atomic E-state index is -0.998. The van der Waals surface area contributed by atoms with Crippen LogP contribution in [-0.2, 0) is 24.2 Å². The van der Waals surface area contributed by atoms with Crippen LogP contribution in [0.1, 0.15) is 56.4 Å². The number of carboxylic acids is 1. The van der Waals surface area contributed by atoms with E-state index in [1.807, 2.05) is 32.0 Å². The van der Waals surface area contributed by atoms with Crippen molar-refractivity contribution >= 4 is 17.8 Å². The third-order valence-electron chi connectivity index (χ3n) is 6.74. The van der Waals surface area contributed by atoms with Gasteiger partial charge < -0.3 is 20.6 Å². The van der Waals surface area contributed by atoms with Crippen LogP contribution in [0.5, 0.6) is 0 Å². The van der Waals surface area contributed by atoms with Crippen LogP contribution in [0, 0.1) is 0 Å². The third kappa shape index (κ3) is 8.52. The van der Waals surface area contributed by atoms with E-state index >= 15 is 0 Å². The molecule has 196 valence electrons. The van der Waals surface area contributed by atoms with Crippen molar-refractivity contribution in [2.24, 2.45) is 0 Å². The Morgan fingerprint density at radius 3 is 2.58 bits per heavy atom. The fourth-order valence-electron chi connectivity index (χ4n) is 4.58. The fourth-order valence-corrected chi connectivity index (χ4v) is 4.58. The first kappa shape index (κ1) is 27.5. The highest BCUT2D eigenvalue weighted by Crippen LogP contribution is 2.20. The highest BCUT2D eigenvalue weighted by molar-refractivity contribution is 5.82. The number of aromatic nitrogens is 1. The number of rotatable bonds is 14. The molecular weight excluding hydrogens is 454 g/mol. The molecule has 1 aliphatic rings. The van der Waals surface area contributed by atoms with Gasteiger partial charge in [-0.1, -0.05) is 36.4 Å². The van der Waals surface area contributed by atoms with Gasteiger partial charge in [-0.15, -0.1) is 0 Å². The van der Waals surface area contributed by atoms with Crippen LogP contribution in [0.3, 0.4) is 0 Å². The predicted molar refractivity (Wildman–Crippen MR) is 143 cm³/mol. The number of anilines is 1. The first-order valence-electron chi connectivity index (χ1n) is 13.3. The molecule has 1 aliphatic heterocycles. The molecule has 2 heterocycles. The van der Waals surface area contributed by atoms with Crippen LogP contribution in [0.25, 0.3) is 0 Å². The highest BCUT2D eigenvalue weighted by atomic mass is 16.4. The average Bonchev–Trinajstić information content (AvgIpc) is 2.89. The number of amides is 2. The van der Waals surface area contributed by atoms with Crippen LogP contribution in [0.2, 0.25) is 0 Å². The molecule has 1 atom stereocenters. The molecule has 0 bridgehead atoms. The Hall–Kier alpha value is -3.13. The van der Waals surface area contributed by atoms with Gasteiger partial charge in [0, 0.05) is 38.4 Å². The first-order valence-corrected chi connectivity index (χ1v) is 13.3. The summed E-state index contributed by atoms with van der Waals surface area (Å²) in [5.41, 5.74) is 3.61. The van der Waals surface area contributed by atoms with Crippen molar-refractivity contribution in [2.75, 3.05) is 38.0 Å². The molecule has 0 aliphatic carbocycles. The van der Waals surface area contributed by atoms with E-state index in [0.29, 0.717) is 26.1 Å². The number of unbranched alkanes of at least 4 members (excludes halogenated alkanes) is 1. The number of carboxylic acid groups (broad SMARTS) is 1. The summed E-state index contributed by atoms with van der Waals surface area (Å²) in [7, 11) is 0. The van der Waals surface area contributed by atoms with E-state index in [-0.39, 0.29) is 6.03 Å². The molecule has 0 saturated heterocycles. The van der Waals surface area contributed by atoms with E-state index in [1.54, 1.807) is 4.90 Å². The van der Waals surface area contributed by atoms with Gasteiger partial charge in [0.2, 0.25) is 0 Å². The predicted octanol–water partition coefficient (Wildman–Crippen LogP) is 4.16. The lowest BCUT2D eigenvalue weighted by atomic mass is 10.1. The second-order valence-electron chi connectivity index (χ2n) is 9.36. The number of hydrogen-bond acceptors (Lipinski definition) is 5. The zero-order chi connectivity index (χ0) is 25.8. The van der Waals surface area contributed by atoms with E-state index in [4.69, 9.17) is 4.98 Å². The van der Waals surface area contributed by atoms with Gasteiger partial charge in [-0.2, -0.15) is 0 Å². The monoisotopic (exact) mass is 495 g/mol. The van der Waals surface area contributed by atoms with Gasteiger partial charge in [-0.05, 0) is 76.1 Å². The molecule has 0 spiro atoms. The van der Waals surface area contributed by atoms with Crippen LogP contribution in [0.4, 0.5) is 10.6 Å². The molecule has 2 aromatic rings. The van der Waals surface area contributed by atoms with Crippen LogP contribution in [-0.4, -0.2) is 70.7 Å². The molecule has 0 radical (unpaired) electrons. The minimum Gasteiger partial charge on any atom is -0.480 e. The fraction of sp³-hybridized carbons (Fsp3) is 0.536. The SMILES string of the molecule is CCN(CC)C(=O)N[C@@H](CCN(CCCCc1ccc2c(n1)NCCC2)Cc1ccccc1)C(=O)O. The summed E-state index contributed by atoms with van der Waals surface area (Å²) in [5.74, 6) is 0.0400. The van der Waals surface area contributed by atoms with Crippen LogP contribution >= 0.6 is 0 Å². The number of hydrogen-bond donors (Lipinski definition) is 3. The van der Waals surface area contributed by atoms with E-state index in [2.05, 4.69) is 39.8 Å². The highest BCUT2D eigenvalue weighted by Gasteiger charge is 2.23. The maximum atomic E-state index is 12.4. The normalized spacial score (nSPS) is 13.5. The van der Waals surface area contributed by atoms with Crippen LogP contribution in [0.15, 0.2) is 42.5 Å². The number of urea groups is 1. The Morgan fingerprint density at radius 2 is 1.86 bits per heavy atom. The molecule has 2 amide bonds. The maximum Gasteiger partial charge on any atom is 0.326 e. The van der Waals surface area contributed by atoms with Crippen molar-refractivity contribution in [3.8, 4) is 0 Å². The Balaban J connectivity index is 1.54. The van der Waals surface area contributed by atoms with Crippen molar-refractivity contribution < 1.29 is 14.7 Å². The largest absolute Gasteiger partial charge is 0.480 e. The number of benzene rings is 1. The molecule has 1 aromatic heterocycles. The van der Waals surface area contributed by atoms with Gasteiger partial charge in [-0.25, -0.2) is 14.6 Å². The molecule has 1 aromatic carbocycles. The summed E-state index contributed by atoms with van der Waals surface area (Å²) in [5, 5.41) is 15.8. The van der Waals surface area contributed by atoms with E-state index in [1.165, 1.54) is 11.1 Å². The zero-order valence-corrected chi connectivity index (χ0v) is 21.7. The summed E-state index contributed by atoms with van der Waals surface area (Å²) in [4.78, 5) is 33.0. The zero-order valence-electron chi connectivity index (χ0n) is 21.7. The van der Waals surface area contributed by atoms with Crippen molar-refractivity contribution in [3.63, 3.8) is 0 Å². The molecule has 36 heavy (non-hydrogen) atoms. The third-order valence-corrected chi connectivity index (χ3v) is 6.74. The smallest absolute Gasteiger partial charge is 0.326 e. The van der Waals surface area contributed by atoms with E-state index in [9.17, 15) is 14.7 Å². The number of carbonyl (C=O) groups excluding carboxylic acids is 1. The summed E-state index contributed by atoms with van der Waals surface area (Å²) in [6.07, 6.45) is 5.53. The molecule has 3 N–H and O–H groups in total. The summed E-state index contributed by atoms with van der Waals surface area (Å²) >= 11 is 0. The minimum absolute atomic E-state index is 0.325. The lowest BCUT2D eigenvalue weighted by molar-refractivity contribution is -0.139. The van der Waals surface area contributed by atoms with E-state index in [0.717, 1.165) is 63.3 Å². The van der Waals surface area contributed by atoms with Gasteiger partial charge in [-0.3, -0.25) is 4.90 Å². The van der Waals surface area contributed by atoms with Crippen molar-refractivity contribution in [3.05, 3.63) is 59.3 Å². The lowest BCUT2D eigenvalue weighted by Gasteiger charge is -2.26. The second-order valence-corrected chi connectivity index (χ2v) is 9.36. The topological polar surface area (TPSA) is 97.8 Å². The van der Waals surface area contributed by atoms with Crippen molar-refractivity contribution in [1.82, 2.24) is 20.1 Å². The first-order chi connectivity index (χ1) is 17.5. The molecule has 0 fully saturated rings. The van der Waals surface area contributed by atoms with Gasteiger partial charge >= 0.3 is 12.0 Å². The Labute approximate surface area is 215 Å². The number of nitrogens with zero attached hydrogens (tertiary/aromatic N) is 3. The number of pyridine rings is 1. The molecule has 0 saturated carbocycles. The van der Waals surface area contributed by atoms with Gasteiger partial charge in [0.05, 0.1) is 0 Å². The molecular formula is C28H41N5O3. The number of fused-ring (bicyclic) bond motifs is 1. The second kappa shape index (κ2) is 14.4. The Bertz CT molecular complexity index is 965. The summed E-state index contributed by atoms with van der Waals surface area (Å²) in [6, 6.07) is 13.3. The standard InChI is InChI=1S/C28H41N5O3/c1-3-33(4-2)28(36)31-25(27(34)35)17-20-32(21-22-11-6-5-7-12-22)19-9-8-14-24-16-15-23-13-10-18-29-26(23)30-24/h5-7,11-12,15-16,25H,3-4,8-10,13-14,17-21H2,1-2H3,(H,29,30)(H,31,36)(H,34,35)/t25-/m0/s1. The summed E-state index contributed by atoms with van der Waals surface area (Å²) < 4.78 is 0. The number of aliphatic carboxylic acids is 1. The Morgan fingerprint density at radius 1 is 1.08 bits per heavy atom. The maximum absolute atomic E-state index is 12.4. The number of nitrogens with one attached hydrogen (secondary N) is 2. The Kier molecular flexibility index (Phi) is 11.0. The van der Waals surface area contributed by atoms with Crippen molar-refractivity contribution in [1.29, 1.82) is 0 Å². The van der Waals surface area contributed by atoms with Gasteiger partial charge in [0.1, 0.15) is 11.9 Å². The molecule has 8 heteroatoms. The van der Waals surface area contributed by atoms with E-state index < -0.39 is 12.0 Å². The van der Waals surface area contributed by atoms with Gasteiger partial charge in [0.15, 0.2) is 0 Å². The van der Waals surface area contributed by atoms with Crippen molar-refractivity contribution in [2.45, 2.75) is 65.0 Å². The molecule has 8 nitrogen and oxygen atoms in total. The quantitative estimate of drug-likeness (QED) is 0.341. The van der Waals surface area contributed by atoms with Crippen LogP contribution < -0.4 is 10.6 Å². The molecule has 3 rings (SSSR count). The number of carbonyl (C=O) groups is 2. The molecule has 0 unspecified atom stereocenters. The number of aryl methyl sites for hydroxylation is 2. The average molecular weight is 496 g/mol.